The predicted octanol–water partition coefficient (Wildman–Crippen LogP) is 2.93. The average Bonchev–Trinajstić information content (AvgIpc) is 2.84. The number of amidine groups is 1. The van der Waals surface area contributed by atoms with Crippen molar-refractivity contribution in [3.63, 3.8) is 0 Å². The zero-order valence-electron chi connectivity index (χ0n) is 10.8. The Morgan fingerprint density at radius 3 is 3.00 bits per heavy atom. The zero-order valence-corrected chi connectivity index (χ0v) is 13.2. The van der Waals surface area contributed by atoms with Gasteiger partial charge in [0, 0.05) is 15.8 Å². The van der Waals surface area contributed by atoms with Gasteiger partial charge in [-0.15, -0.1) is 11.3 Å². The summed E-state index contributed by atoms with van der Waals surface area (Å²) in [6, 6.07) is 5.44. The number of rotatable bonds is 5. The highest BCUT2D eigenvalue weighted by Gasteiger charge is 2.12. The second kappa shape index (κ2) is 6.71. The lowest BCUT2D eigenvalue weighted by Gasteiger charge is -2.11. The summed E-state index contributed by atoms with van der Waals surface area (Å²) in [5.74, 6) is 0.596. The first kappa shape index (κ1) is 14.8. The van der Waals surface area contributed by atoms with Crippen LogP contribution in [0.4, 0.5) is 0 Å². The molecule has 0 aliphatic heterocycles. The van der Waals surface area contributed by atoms with Crippen LogP contribution in [0.3, 0.4) is 0 Å². The smallest absolute Gasteiger partial charge is 0.174 e. The van der Waals surface area contributed by atoms with E-state index in [-0.39, 0.29) is 5.84 Å². The number of ether oxygens (including phenoxy) is 1. The van der Waals surface area contributed by atoms with Gasteiger partial charge in [0.25, 0.3) is 0 Å². The van der Waals surface area contributed by atoms with Crippen molar-refractivity contribution in [2.75, 3.05) is 6.61 Å². The molecule has 2 aromatic rings. The molecule has 2 rings (SSSR count). The van der Waals surface area contributed by atoms with Crippen LogP contribution in [-0.2, 0) is 6.42 Å². The van der Waals surface area contributed by atoms with Gasteiger partial charge in [-0.1, -0.05) is 11.2 Å². The summed E-state index contributed by atoms with van der Waals surface area (Å²) in [5.41, 5.74) is 9.08. The Hall–Kier alpha value is -1.60. The monoisotopic (exact) mass is 355 g/mol. The van der Waals surface area contributed by atoms with Crippen molar-refractivity contribution in [3.05, 3.63) is 44.3 Å². The molecule has 0 atom stereocenters. The maximum atomic E-state index is 8.83. The number of nitrogens with zero attached hydrogens (tertiary/aromatic N) is 2. The van der Waals surface area contributed by atoms with Gasteiger partial charge < -0.3 is 15.7 Å². The van der Waals surface area contributed by atoms with E-state index < -0.39 is 0 Å². The van der Waals surface area contributed by atoms with Gasteiger partial charge in [0.15, 0.2) is 5.84 Å². The molecule has 1 heterocycles. The van der Waals surface area contributed by atoms with E-state index in [9.17, 15) is 0 Å². The van der Waals surface area contributed by atoms with Crippen LogP contribution in [0.25, 0.3) is 0 Å². The number of oxime groups is 1. The second-order valence-corrected chi connectivity index (χ2v) is 5.85. The highest BCUT2D eigenvalue weighted by Crippen LogP contribution is 2.27. The summed E-state index contributed by atoms with van der Waals surface area (Å²) in [6.45, 7) is 2.48. The van der Waals surface area contributed by atoms with E-state index in [1.807, 2.05) is 24.6 Å². The molecule has 0 aliphatic rings. The first-order valence-electron chi connectivity index (χ1n) is 5.91. The van der Waals surface area contributed by atoms with Gasteiger partial charge >= 0.3 is 0 Å². The SMILES string of the molecule is Cc1ncsc1CCOc1cccc(Br)c1/C(N)=N/O. The molecule has 0 unspecified atom stereocenters. The van der Waals surface area contributed by atoms with Gasteiger partial charge in [0.2, 0.25) is 0 Å². The maximum Gasteiger partial charge on any atom is 0.174 e. The fraction of sp³-hybridized carbons (Fsp3) is 0.231. The van der Waals surface area contributed by atoms with Crippen LogP contribution >= 0.6 is 27.3 Å². The minimum absolute atomic E-state index is 0.0152. The number of nitrogens with two attached hydrogens (primary N) is 1. The molecule has 1 aromatic carbocycles. The number of thiazole rings is 1. The van der Waals surface area contributed by atoms with E-state index in [0.717, 1.165) is 16.6 Å². The molecule has 0 saturated carbocycles. The second-order valence-electron chi connectivity index (χ2n) is 4.06. The highest BCUT2D eigenvalue weighted by molar-refractivity contribution is 9.10. The number of aryl methyl sites for hydroxylation is 1. The Morgan fingerprint density at radius 2 is 2.35 bits per heavy atom. The van der Waals surface area contributed by atoms with Crippen LogP contribution in [0.2, 0.25) is 0 Å². The molecular formula is C13H14BrN3O2S. The van der Waals surface area contributed by atoms with E-state index in [2.05, 4.69) is 26.1 Å². The molecule has 0 fully saturated rings. The largest absolute Gasteiger partial charge is 0.492 e. The molecule has 5 nitrogen and oxygen atoms in total. The van der Waals surface area contributed by atoms with Crippen molar-refractivity contribution in [3.8, 4) is 5.75 Å². The molecule has 20 heavy (non-hydrogen) atoms. The van der Waals surface area contributed by atoms with Crippen LogP contribution in [0, 0.1) is 6.92 Å². The zero-order chi connectivity index (χ0) is 14.5. The third-order valence-electron chi connectivity index (χ3n) is 2.77. The van der Waals surface area contributed by atoms with E-state index in [1.165, 1.54) is 4.88 Å². The molecule has 1 aromatic heterocycles. The minimum atomic E-state index is 0.0152. The number of halogens is 1. The van der Waals surface area contributed by atoms with Crippen molar-refractivity contribution in [1.82, 2.24) is 4.98 Å². The summed E-state index contributed by atoms with van der Waals surface area (Å²) in [4.78, 5) is 5.40. The van der Waals surface area contributed by atoms with Crippen LogP contribution in [0.15, 0.2) is 33.3 Å². The molecule has 7 heteroatoms. The van der Waals surface area contributed by atoms with Gasteiger partial charge in [-0.3, -0.25) is 0 Å². The van der Waals surface area contributed by atoms with Gasteiger partial charge in [-0.25, -0.2) is 4.98 Å². The van der Waals surface area contributed by atoms with Crippen LogP contribution < -0.4 is 10.5 Å². The summed E-state index contributed by atoms with van der Waals surface area (Å²) in [7, 11) is 0. The lowest BCUT2D eigenvalue weighted by atomic mass is 10.2. The molecule has 0 bridgehead atoms. The Labute approximate surface area is 129 Å². The predicted molar refractivity (Wildman–Crippen MR) is 82.7 cm³/mol. The standard InChI is InChI=1S/C13H14BrN3O2S/c1-8-11(20-7-16-8)5-6-19-10-4-2-3-9(14)12(10)13(15)17-18/h2-4,7,18H,5-6H2,1H3,(H2,15,17). The van der Waals surface area contributed by atoms with Crippen molar-refractivity contribution in [2.24, 2.45) is 10.9 Å². The first-order valence-corrected chi connectivity index (χ1v) is 7.59. The Kier molecular flexibility index (Phi) is 4.97. The minimum Gasteiger partial charge on any atom is -0.492 e. The fourth-order valence-corrected chi connectivity index (χ4v) is 3.06. The van der Waals surface area contributed by atoms with E-state index in [0.29, 0.717) is 17.9 Å². The Bertz CT molecular complexity index is 628. The lowest BCUT2D eigenvalue weighted by Crippen LogP contribution is -2.16. The molecule has 3 N–H and O–H groups in total. The van der Waals surface area contributed by atoms with E-state index >= 15 is 0 Å². The topological polar surface area (TPSA) is 80.7 Å². The Morgan fingerprint density at radius 1 is 1.55 bits per heavy atom. The normalized spacial score (nSPS) is 11.6. The molecular weight excluding hydrogens is 342 g/mol. The number of benzene rings is 1. The average molecular weight is 356 g/mol. The van der Waals surface area contributed by atoms with Gasteiger partial charge in [-0.05, 0) is 35.0 Å². The fourth-order valence-electron chi connectivity index (χ4n) is 1.74. The molecule has 0 spiro atoms. The third-order valence-corrected chi connectivity index (χ3v) is 4.43. The lowest BCUT2D eigenvalue weighted by molar-refractivity contribution is 0.313. The van der Waals surface area contributed by atoms with E-state index in [1.54, 1.807) is 17.4 Å². The first-order chi connectivity index (χ1) is 9.63. The number of hydrogen-bond acceptors (Lipinski definition) is 5. The van der Waals surface area contributed by atoms with Crippen LogP contribution in [0.5, 0.6) is 5.75 Å². The van der Waals surface area contributed by atoms with Crippen LogP contribution in [-0.4, -0.2) is 22.6 Å². The highest BCUT2D eigenvalue weighted by atomic mass is 79.9. The summed E-state index contributed by atoms with van der Waals surface area (Å²) in [6.07, 6.45) is 0.776. The van der Waals surface area contributed by atoms with Crippen molar-refractivity contribution in [1.29, 1.82) is 0 Å². The molecule has 0 aliphatic carbocycles. The third kappa shape index (κ3) is 3.29. The Balaban J connectivity index is 2.10. The number of hydrogen-bond donors (Lipinski definition) is 2. The molecule has 0 radical (unpaired) electrons. The van der Waals surface area contributed by atoms with Crippen LogP contribution in [0.1, 0.15) is 16.1 Å². The van der Waals surface area contributed by atoms with Gasteiger partial charge in [0.05, 0.1) is 23.4 Å². The van der Waals surface area contributed by atoms with Gasteiger partial charge in [0.1, 0.15) is 5.75 Å². The van der Waals surface area contributed by atoms with E-state index in [4.69, 9.17) is 15.7 Å². The molecule has 106 valence electrons. The summed E-state index contributed by atoms with van der Waals surface area (Å²) in [5, 5.41) is 11.9. The van der Waals surface area contributed by atoms with Crippen molar-refractivity contribution in [2.45, 2.75) is 13.3 Å². The van der Waals surface area contributed by atoms with Crippen molar-refractivity contribution < 1.29 is 9.94 Å². The molecule has 0 amide bonds. The summed E-state index contributed by atoms with van der Waals surface area (Å²) < 4.78 is 6.47. The number of aromatic nitrogens is 1. The van der Waals surface area contributed by atoms with Gasteiger partial charge in [-0.2, -0.15) is 0 Å². The molecule has 0 saturated heterocycles. The maximum absolute atomic E-state index is 8.83. The summed E-state index contributed by atoms with van der Waals surface area (Å²) >= 11 is 4.98. The quantitative estimate of drug-likeness (QED) is 0.374. The van der Waals surface area contributed by atoms with Crippen molar-refractivity contribution >= 4 is 33.1 Å².